The van der Waals surface area contributed by atoms with Crippen LogP contribution in [0.3, 0.4) is 0 Å². The normalized spacial score (nSPS) is 21.2. The monoisotopic (exact) mass is 315 g/mol. The van der Waals surface area contributed by atoms with E-state index >= 15 is 0 Å². The molecule has 0 amide bonds. The predicted octanol–water partition coefficient (Wildman–Crippen LogP) is 3.81. The van der Waals surface area contributed by atoms with Crippen LogP contribution in [0.2, 0.25) is 0 Å². The molecule has 0 bridgehead atoms. The van der Waals surface area contributed by atoms with Crippen molar-refractivity contribution in [2.24, 2.45) is 0 Å². The molecule has 100 valence electrons. The van der Waals surface area contributed by atoms with Crippen molar-refractivity contribution in [3.05, 3.63) is 34.1 Å². The lowest BCUT2D eigenvalue weighted by atomic mass is 10.1. The molecule has 0 saturated carbocycles. The second-order valence-electron chi connectivity index (χ2n) is 4.77. The minimum atomic E-state index is -0.165. The summed E-state index contributed by atoms with van der Waals surface area (Å²) in [6.45, 7) is 3.74. The third-order valence-corrected chi connectivity index (χ3v) is 3.86. The van der Waals surface area contributed by atoms with Gasteiger partial charge < -0.3 is 10.1 Å². The molecule has 2 nitrogen and oxygen atoms in total. The molecule has 1 aliphatic heterocycles. The fraction of sp³-hybridized carbons (Fsp3) is 0.571. The summed E-state index contributed by atoms with van der Waals surface area (Å²) < 4.78 is 20.1. The number of hydrogen-bond acceptors (Lipinski definition) is 2. The molecule has 2 rings (SSSR count). The smallest absolute Gasteiger partial charge is 0.129 e. The average molecular weight is 316 g/mol. The van der Waals surface area contributed by atoms with Gasteiger partial charge in [-0.15, -0.1) is 0 Å². The van der Waals surface area contributed by atoms with Gasteiger partial charge in [0.25, 0.3) is 0 Å². The summed E-state index contributed by atoms with van der Waals surface area (Å²) in [6.07, 6.45) is 3.71. The molecule has 1 heterocycles. The number of ether oxygens (including phenoxy) is 1. The van der Waals surface area contributed by atoms with Crippen LogP contribution in [0.15, 0.2) is 22.7 Å². The summed E-state index contributed by atoms with van der Waals surface area (Å²) >= 11 is 3.27. The van der Waals surface area contributed by atoms with Crippen molar-refractivity contribution in [2.75, 3.05) is 13.2 Å². The van der Waals surface area contributed by atoms with Gasteiger partial charge in [-0.1, -0.05) is 22.0 Å². The van der Waals surface area contributed by atoms with Crippen LogP contribution in [0.25, 0.3) is 0 Å². The van der Waals surface area contributed by atoms with Crippen LogP contribution in [0.1, 0.15) is 37.8 Å². The second-order valence-corrected chi connectivity index (χ2v) is 5.68. The van der Waals surface area contributed by atoms with Crippen molar-refractivity contribution in [1.82, 2.24) is 5.32 Å². The van der Waals surface area contributed by atoms with Crippen LogP contribution < -0.4 is 5.32 Å². The molecular weight excluding hydrogens is 297 g/mol. The van der Waals surface area contributed by atoms with E-state index in [-0.39, 0.29) is 11.9 Å². The van der Waals surface area contributed by atoms with Gasteiger partial charge in [0, 0.05) is 22.7 Å². The fourth-order valence-corrected chi connectivity index (χ4v) is 2.63. The molecule has 1 aliphatic rings. The first-order chi connectivity index (χ1) is 8.66. The van der Waals surface area contributed by atoms with Gasteiger partial charge in [0.15, 0.2) is 0 Å². The van der Waals surface area contributed by atoms with E-state index in [2.05, 4.69) is 21.2 Å². The maximum absolute atomic E-state index is 13.7. The summed E-state index contributed by atoms with van der Waals surface area (Å²) in [5.74, 6) is -0.165. The number of rotatable bonds is 5. The molecule has 1 aromatic carbocycles. The molecule has 2 atom stereocenters. The molecule has 1 saturated heterocycles. The van der Waals surface area contributed by atoms with E-state index in [4.69, 9.17) is 4.74 Å². The lowest BCUT2D eigenvalue weighted by Crippen LogP contribution is -2.24. The Morgan fingerprint density at radius 3 is 3.06 bits per heavy atom. The first-order valence-electron chi connectivity index (χ1n) is 6.47. The number of hydrogen-bond donors (Lipinski definition) is 1. The number of nitrogens with one attached hydrogen (secondary N) is 1. The third kappa shape index (κ3) is 3.77. The van der Waals surface area contributed by atoms with Gasteiger partial charge in [0.05, 0.1) is 6.10 Å². The van der Waals surface area contributed by atoms with Crippen molar-refractivity contribution >= 4 is 15.9 Å². The van der Waals surface area contributed by atoms with E-state index in [1.807, 2.05) is 19.1 Å². The van der Waals surface area contributed by atoms with Crippen molar-refractivity contribution in [3.63, 3.8) is 0 Å². The van der Waals surface area contributed by atoms with Gasteiger partial charge in [0.2, 0.25) is 0 Å². The van der Waals surface area contributed by atoms with Crippen molar-refractivity contribution in [3.8, 4) is 0 Å². The lowest BCUT2D eigenvalue weighted by Gasteiger charge is -2.16. The van der Waals surface area contributed by atoms with E-state index in [0.29, 0.717) is 11.7 Å². The predicted molar refractivity (Wildman–Crippen MR) is 74.1 cm³/mol. The Morgan fingerprint density at radius 2 is 2.39 bits per heavy atom. The molecule has 1 N–H and O–H groups in total. The van der Waals surface area contributed by atoms with Crippen LogP contribution in [0.4, 0.5) is 4.39 Å². The van der Waals surface area contributed by atoms with Crippen molar-refractivity contribution in [2.45, 2.75) is 38.3 Å². The fourth-order valence-electron chi connectivity index (χ4n) is 2.30. The van der Waals surface area contributed by atoms with Gasteiger partial charge in [-0.25, -0.2) is 4.39 Å². The highest BCUT2D eigenvalue weighted by Crippen LogP contribution is 2.21. The molecule has 1 aromatic rings. The lowest BCUT2D eigenvalue weighted by molar-refractivity contribution is 0.103. The van der Waals surface area contributed by atoms with Crippen LogP contribution in [-0.4, -0.2) is 19.3 Å². The summed E-state index contributed by atoms with van der Waals surface area (Å²) in [6, 6.07) is 5.23. The summed E-state index contributed by atoms with van der Waals surface area (Å²) in [5, 5.41) is 3.35. The maximum Gasteiger partial charge on any atom is 0.129 e. The Balaban J connectivity index is 1.81. The second kappa shape index (κ2) is 6.64. The molecule has 0 aliphatic carbocycles. The third-order valence-electron chi connectivity index (χ3n) is 3.37. The van der Waals surface area contributed by atoms with Crippen LogP contribution in [0, 0.1) is 5.82 Å². The zero-order valence-electron chi connectivity index (χ0n) is 10.6. The number of benzene rings is 1. The van der Waals surface area contributed by atoms with E-state index in [9.17, 15) is 4.39 Å². The molecule has 18 heavy (non-hydrogen) atoms. The average Bonchev–Trinajstić information content (AvgIpc) is 2.81. The van der Waals surface area contributed by atoms with Crippen LogP contribution in [-0.2, 0) is 4.74 Å². The molecule has 2 unspecified atom stereocenters. The van der Waals surface area contributed by atoms with E-state index < -0.39 is 0 Å². The first-order valence-corrected chi connectivity index (χ1v) is 7.26. The highest BCUT2D eigenvalue weighted by Gasteiger charge is 2.16. The first kappa shape index (κ1) is 14.0. The molecule has 0 spiro atoms. The Labute approximate surface area is 116 Å². The minimum Gasteiger partial charge on any atom is -0.378 e. The van der Waals surface area contributed by atoms with E-state index in [1.54, 1.807) is 0 Å². The van der Waals surface area contributed by atoms with Crippen molar-refractivity contribution in [1.29, 1.82) is 0 Å². The molecule has 4 heteroatoms. The molecule has 0 radical (unpaired) electrons. The molecular formula is C14H19BrFNO. The summed E-state index contributed by atoms with van der Waals surface area (Å²) in [5.41, 5.74) is 0.713. The van der Waals surface area contributed by atoms with Gasteiger partial charge in [-0.3, -0.25) is 0 Å². The zero-order chi connectivity index (χ0) is 13.0. The van der Waals surface area contributed by atoms with Crippen LogP contribution in [0.5, 0.6) is 0 Å². The van der Waals surface area contributed by atoms with Gasteiger partial charge in [-0.2, -0.15) is 0 Å². The quantitative estimate of drug-likeness (QED) is 0.892. The zero-order valence-corrected chi connectivity index (χ0v) is 12.2. The highest BCUT2D eigenvalue weighted by atomic mass is 79.9. The van der Waals surface area contributed by atoms with Crippen molar-refractivity contribution < 1.29 is 9.13 Å². The Morgan fingerprint density at radius 1 is 1.56 bits per heavy atom. The highest BCUT2D eigenvalue weighted by molar-refractivity contribution is 9.10. The van der Waals surface area contributed by atoms with Gasteiger partial charge >= 0.3 is 0 Å². The largest absolute Gasteiger partial charge is 0.378 e. The Hall–Kier alpha value is -0.450. The minimum absolute atomic E-state index is 0.0273. The summed E-state index contributed by atoms with van der Waals surface area (Å²) in [4.78, 5) is 0. The SMILES string of the molecule is CC(NCCC1CCCO1)c1ccc(Br)cc1F. The van der Waals surface area contributed by atoms with Gasteiger partial charge in [-0.05, 0) is 44.9 Å². The van der Waals surface area contributed by atoms with Gasteiger partial charge in [0.1, 0.15) is 5.82 Å². The Kier molecular flexibility index (Phi) is 5.15. The standard InChI is InChI=1S/C14H19BrFNO/c1-10(13-5-4-11(15)9-14(13)16)17-7-6-12-3-2-8-18-12/h4-5,9-10,12,17H,2-3,6-8H2,1H3. The van der Waals surface area contributed by atoms with E-state index in [0.717, 1.165) is 30.5 Å². The van der Waals surface area contributed by atoms with E-state index in [1.165, 1.54) is 12.5 Å². The number of halogens is 2. The Bertz CT molecular complexity index is 393. The summed E-state index contributed by atoms with van der Waals surface area (Å²) in [7, 11) is 0. The topological polar surface area (TPSA) is 21.3 Å². The molecule has 0 aromatic heterocycles. The van der Waals surface area contributed by atoms with Crippen LogP contribution >= 0.6 is 15.9 Å². The maximum atomic E-state index is 13.7. The molecule has 1 fully saturated rings.